The molecule has 128 valence electrons. The quantitative estimate of drug-likeness (QED) is 0.714. The third-order valence-electron chi connectivity index (χ3n) is 3.89. The molecule has 2 aliphatic heterocycles. The Labute approximate surface area is 143 Å². The molecule has 2 aromatic rings. The Balaban J connectivity index is 0.000000415. The van der Waals surface area contributed by atoms with E-state index >= 15 is 0 Å². The number of rotatable bonds is 0. The monoisotopic (exact) mass is 341 g/mol. The van der Waals surface area contributed by atoms with Gasteiger partial charge in [0.2, 0.25) is 0 Å². The summed E-state index contributed by atoms with van der Waals surface area (Å²) in [6, 6.07) is 12.1. The van der Waals surface area contributed by atoms with E-state index in [4.69, 9.17) is 14.6 Å². The average molecular weight is 341 g/mol. The number of hydrogen-bond acceptors (Lipinski definition) is 3. The van der Waals surface area contributed by atoms with Crippen LogP contribution in [0.5, 0.6) is 0 Å². The molecule has 2 aromatic carbocycles. The number of carbonyl (C=O) groups is 2. The van der Waals surface area contributed by atoms with Gasteiger partial charge in [-0.25, -0.2) is 4.39 Å². The van der Waals surface area contributed by atoms with E-state index in [2.05, 4.69) is 5.32 Å². The van der Waals surface area contributed by atoms with E-state index in [9.17, 15) is 9.18 Å². The van der Waals surface area contributed by atoms with Crippen molar-refractivity contribution >= 4 is 28.9 Å². The van der Waals surface area contributed by atoms with Crippen LogP contribution in [-0.2, 0) is 14.3 Å². The van der Waals surface area contributed by atoms with Crippen molar-refractivity contribution in [2.45, 2.75) is 20.0 Å². The zero-order valence-corrected chi connectivity index (χ0v) is 13.7. The first-order valence-corrected chi connectivity index (χ1v) is 7.69. The second kappa shape index (κ2) is 6.39. The number of hydrogen-bond donors (Lipinski definition) is 2. The van der Waals surface area contributed by atoms with Gasteiger partial charge in [-0.05, 0) is 25.1 Å². The maximum absolute atomic E-state index is 13.3. The van der Waals surface area contributed by atoms with Gasteiger partial charge in [0.25, 0.3) is 11.9 Å². The number of aliphatic carboxylic acids is 1. The number of anilines is 1. The smallest absolute Gasteiger partial charge is 0.300 e. The van der Waals surface area contributed by atoms with Gasteiger partial charge < -0.3 is 15.2 Å². The molecule has 1 unspecified atom stereocenters. The highest BCUT2D eigenvalue weighted by Gasteiger charge is 2.34. The third kappa shape index (κ3) is 3.10. The largest absolute Gasteiger partial charge is 0.484 e. The molecule has 0 saturated heterocycles. The molecule has 0 spiro atoms. The minimum atomic E-state index is -0.833. The van der Waals surface area contributed by atoms with Gasteiger partial charge in [0.15, 0.2) is 0 Å². The van der Waals surface area contributed by atoms with Crippen LogP contribution < -0.4 is 5.32 Å². The van der Waals surface area contributed by atoms with Crippen LogP contribution in [0.3, 0.4) is 0 Å². The Bertz CT molecular complexity index is 900. The van der Waals surface area contributed by atoms with Gasteiger partial charge >= 0.3 is 0 Å². The Morgan fingerprint density at radius 2 is 1.88 bits per heavy atom. The van der Waals surface area contributed by atoms with Crippen LogP contribution in [-0.4, -0.2) is 17.0 Å². The van der Waals surface area contributed by atoms with Gasteiger partial charge in [-0.2, -0.15) is 0 Å². The molecule has 2 aliphatic rings. The lowest BCUT2D eigenvalue weighted by Crippen LogP contribution is -2.05. The normalized spacial score (nSPS) is 20.0. The first-order chi connectivity index (χ1) is 11.9. The predicted octanol–water partition coefficient (Wildman–Crippen LogP) is 3.83. The number of carbonyl (C=O) groups excluding carboxylic acids is 1. The third-order valence-corrected chi connectivity index (χ3v) is 3.89. The van der Waals surface area contributed by atoms with E-state index in [-0.39, 0.29) is 17.8 Å². The molecule has 5 nitrogen and oxygen atoms in total. The summed E-state index contributed by atoms with van der Waals surface area (Å²) in [4.78, 5) is 21.3. The molecule has 0 fully saturated rings. The molecule has 0 radical (unpaired) electrons. The predicted molar refractivity (Wildman–Crippen MR) is 91.1 cm³/mol. The van der Waals surface area contributed by atoms with Gasteiger partial charge in [-0.1, -0.05) is 24.3 Å². The Morgan fingerprint density at radius 3 is 2.60 bits per heavy atom. The molecule has 2 heterocycles. The second-order valence-electron chi connectivity index (χ2n) is 5.71. The first-order valence-electron chi connectivity index (χ1n) is 7.69. The first kappa shape index (κ1) is 16.7. The summed E-state index contributed by atoms with van der Waals surface area (Å²) >= 11 is 0. The molecule has 0 bridgehead atoms. The molecular weight excluding hydrogens is 325 g/mol. The van der Waals surface area contributed by atoms with Crippen LogP contribution in [0.1, 0.15) is 36.6 Å². The minimum absolute atomic E-state index is 0.0963. The van der Waals surface area contributed by atoms with Crippen LogP contribution in [0.25, 0.3) is 11.3 Å². The van der Waals surface area contributed by atoms with E-state index in [0.717, 1.165) is 18.1 Å². The number of fused-ring (bicyclic) bond motifs is 2. The summed E-state index contributed by atoms with van der Waals surface area (Å²) in [7, 11) is 0. The molecule has 0 saturated carbocycles. The Kier molecular flexibility index (Phi) is 4.27. The standard InChI is InChI=1S/C17H12FNO2.C2H4O2/c1-9-11-4-2-3-5-12(11)16(21-9)15-13-7-6-10(18)8-14(13)19-17(15)20;1-2(3)4/h2-9H,1H3,(H,19,20);1H3,(H,3,4)/b16-15+;. The van der Waals surface area contributed by atoms with Gasteiger partial charge in [-0.3, -0.25) is 9.59 Å². The number of carboxylic acid groups (broad SMARTS) is 1. The molecule has 1 atom stereocenters. The highest BCUT2D eigenvalue weighted by atomic mass is 19.1. The fourth-order valence-corrected chi connectivity index (χ4v) is 2.93. The van der Waals surface area contributed by atoms with E-state index in [1.807, 2.05) is 31.2 Å². The Morgan fingerprint density at radius 1 is 1.20 bits per heavy atom. The Hall–Kier alpha value is -3.15. The minimum Gasteiger partial charge on any atom is -0.484 e. The fourth-order valence-electron chi connectivity index (χ4n) is 2.93. The topological polar surface area (TPSA) is 75.6 Å². The molecule has 6 heteroatoms. The van der Waals surface area contributed by atoms with Crippen molar-refractivity contribution in [3.63, 3.8) is 0 Å². The molecule has 2 N–H and O–H groups in total. The lowest BCUT2D eigenvalue weighted by atomic mass is 9.99. The molecule has 0 aromatic heterocycles. The summed E-state index contributed by atoms with van der Waals surface area (Å²) in [5, 5.41) is 10.1. The van der Waals surface area contributed by atoms with Gasteiger partial charge in [0, 0.05) is 23.6 Å². The van der Waals surface area contributed by atoms with Gasteiger partial charge in [0.1, 0.15) is 17.7 Å². The van der Waals surface area contributed by atoms with E-state index in [1.54, 1.807) is 6.07 Å². The van der Waals surface area contributed by atoms with Crippen molar-refractivity contribution in [3.05, 3.63) is 65.0 Å². The number of ether oxygens (including phenoxy) is 1. The molecule has 0 aliphatic carbocycles. The number of amides is 1. The van der Waals surface area contributed by atoms with Crippen LogP contribution in [0.15, 0.2) is 42.5 Å². The van der Waals surface area contributed by atoms with Crippen molar-refractivity contribution in [2.75, 3.05) is 5.32 Å². The van der Waals surface area contributed by atoms with E-state index < -0.39 is 5.97 Å². The van der Waals surface area contributed by atoms with Crippen LogP contribution in [0, 0.1) is 5.82 Å². The fraction of sp³-hybridized carbons (Fsp3) is 0.158. The number of carboxylic acids is 1. The van der Waals surface area contributed by atoms with Crippen LogP contribution in [0.2, 0.25) is 0 Å². The molecule has 1 amide bonds. The second-order valence-corrected chi connectivity index (χ2v) is 5.71. The van der Waals surface area contributed by atoms with Crippen molar-refractivity contribution in [2.24, 2.45) is 0 Å². The number of nitrogens with one attached hydrogen (secondary N) is 1. The maximum Gasteiger partial charge on any atom is 0.300 e. The SMILES string of the molecule is CC(=O)O.CC1O/C(=C2/C(=O)Nc3cc(F)ccc32)c2ccccc21. The van der Waals surface area contributed by atoms with E-state index in [1.165, 1.54) is 12.1 Å². The van der Waals surface area contributed by atoms with Crippen molar-refractivity contribution in [1.29, 1.82) is 0 Å². The summed E-state index contributed by atoms with van der Waals surface area (Å²) in [6.07, 6.45) is -0.0963. The summed E-state index contributed by atoms with van der Waals surface area (Å²) in [6.45, 7) is 3.03. The van der Waals surface area contributed by atoms with E-state index in [0.29, 0.717) is 22.6 Å². The number of benzene rings is 2. The van der Waals surface area contributed by atoms with Gasteiger partial charge in [-0.15, -0.1) is 0 Å². The summed E-state index contributed by atoms with van der Waals surface area (Å²) in [5.74, 6) is -0.892. The van der Waals surface area contributed by atoms with Crippen LogP contribution >= 0.6 is 0 Å². The molecule has 25 heavy (non-hydrogen) atoms. The van der Waals surface area contributed by atoms with Crippen molar-refractivity contribution in [3.8, 4) is 0 Å². The zero-order valence-electron chi connectivity index (χ0n) is 13.7. The highest BCUT2D eigenvalue weighted by molar-refractivity contribution is 6.36. The summed E-state index contributed by atoms with van der Waals surface area (Å²) < 4.78 is 19.2. The number of halogens is 1. The zero-order chi connectivity index (χ0) is 18.1. The highest BCUT2D eigenvalue weighted by Crippen LogP contribution is 2.45. The average Bonchev–Trinajstić information content (AvgIpc) is 3.03. The molecule has 4 rings (SSSR count). The van der Waals surface area contributed by atoms with Crippen molar-refractivity contribution < 1.29 is 23.8 Å². The maximum atomic E-state index is 13.3. The molecular formula is C19H16FNO4. The lowest BCUT2D eigenvalue weighted by Gasteiger charge is -2.07. The van der Waals surface area contributed by atoms with Crippen molar-refractivity contribution in [1.82, 2.24) is 0 Å². The van der Waals surface area contributed by atoms with Gasteiger partial charge in [0.05, 0.1) is 11.3 Å². The summed E-state index contributed by atoms with van der Waals surface area (Å²) in [5.41, 5.74) is 3.63. The van der Waals surface area contributed by atoms with Crippen LogP contribution in [0.4, 0.5) is 10.1 Å². The lowest BCUT2D eigenvalue weighted by molar-refractivity contribution is -0.134.